The zero-order valence-electron chi connectivity index (χ0n) is 5.93. The largest absolute Gasteiger partial charge is 0.493 e. The summed E-state index contributed by atoms with van der Waals surface area (Å²) in [7, 11) is -3.58. The van der Waals surface area contributed by atoms with Gasteiger partial charge in [0, 0.05) is 6.20 Å². The molecule has 0 aliphatic carbocycles. The van der Waals surface area contributed by atoms with Crippen molar-refractivity contribution in [3.8, 4) is 0 Å². The van der Waals surface area contributed by atoms with Gasteiger partial charge in [0.05, 0.1) is 0 Å². The summed E-state index contributed by atoms with van der Waals surface area (Å²) in [6.45, 7) is 0. The maximum atomic E-state index is 11.1. The highest BCUT2D eigenvalue weighted by atomic mass is 32.2. The SMILES string of the molecule is O=S1(=O)NC(O)=C2C=CC=CN21. The number of allylic oxidation sites excluding steroid dienone is 3. The molecule has 0 radical (unpaired) electrons. The molecule has 0 aromatic rings. The van der Waals surface area contributed by atoms with Gasteiger partial charge in [-0.1, -0.05) is 6.08 Å². The summed E-state index contributed by atoms with van der Waals surface area (Å²) in [5.41, 5.74) is 0.248. The first kappa shape index (κ1) is 7.23. The van der Waals surface area contributed by atoms with Gasteiger partial charge in [0.15, 0.2) is 0 Å². The number of nitrogens with one attached hydrogen (secondary N) is 1. The molecule has 0 atom stereocenters. The smallest absolute Gasteiger partial charge is 0.330 e. The number of aliphatic hydroxyl groups excluding tert-OH is 1. The highest BCUT2D eigenvalue weighted by Crippen LogP contribution is 2.23. The number of fused-ring (bicyclic) bond motifs is 1. The van der Waals surface area contributed by atoms with Crippen LogP contribution in [0.3, 0.4) is 0 Å². The summed E-state index contributed by atoms with van der Waals surface area (Å²) >= 11 is 0. The van der Waals surface area contributed by atoms with Gasteiger partial charge < -0.3 is 5.11 Å². The van der Waals surface area contributed by atoms with Gasteiger partial charge in [-0.15, -0.1) is 0 Å². The third kappa shape index (κ3) is 0.814. The van der Waals surface area contributed by atoms with Crippen LogP contribution in [0.1, 0.15) is 0 Å². The molecule has 2 aliphatic rings. The van der Waals surface area contributed by atoms with E-state index in [1.807, 2.05) is 4.72 Å². The van der Waals surface area contributed by atoms with Crippen LogP contribution in [-0.2, 0) is 10.2 Å². The van der Waals surface area contributed by atoms with Gasteiger partial charge in [0.1, 0.15) is 5.70 Å². The van der Waals surface area contributed by atoms with E-state index < -0.39 is 10.2 Å². The van der Waals surface area contributed by atoms with Crippen LogP contribution in [0.4, 0.5) is 0 Å². The van der Waals surface area contributed by atoms with Crippen molar-refractivity contribution in [2.45, 2.75) is 0 Å². The number of aliphatic hydroxyl groups is 1. The van der Waals surface area contributed by atoms with E-state index in [0.717, 1.165) is 4.31 Å². The van der Waals surface area contributed by atoms with Crippen molar-refractivity contribution in [1.82, 2.24) is 9.03 Å². The lowest BCUT2D eigenvalue weighted by molar-refractivity contribution is 0.386. The van der Waals surface area contributed by atoms with Gasteiger partial charge >= 0.3 is 10.2 Å². The van der Waals surface area contributed by atoms with Gasteiger partial charge in [0.2, 0.25) is 5.88 Å². The van der Waals surface area contributed by atoms with Crippen LogP contribution in [0, 0.1) is 0 Å². The topological polar surface area (TPSA) is 69.6 Å². The fraction of sp³-hybridized carbons (Fsp3) is 0. The number of hydrogen-bond acceptors (Lipinski definition) is 3. The molecule has 2 heterocycles. The standard InChI is InChI=1S/C6H6N2O3S/c9-6-5-3-1-2-4-8(5)12(10,11)7-6/h1-4,7,9H. The van der Waals surface area contributed by atoms with Crippen LogP contribution in [0.15, 0.2) is 36.0 Å². The molecule has 2 aliphatic heterocycles. The molecule has 0 aromatic carbocycles. The van der Waals surface area contributed by atoms with E-state index in [-0.39, 0.29) is 11.6 Å². The molecule has 12 heavy (non-hydrogen) atoms. The Kier molecular flexibility index (Phi) is 1.23. The normalized spacial score (nSPS) is 24.2. The molecule has 0 bridgehead atoms. The molecular weight excluding hydrogens is 180 g/mol. The van der Waals surface area contributed by atoms with Gasteiger partial charge in [-0.05, 0) is 12.2 Å². The zero-order chi connectivity index (χ0) is 8.77. The average Bonchev–Trinajstić information content (AvgIpc) is 2.25. The molecule has 0 fully saturated rings. The second-order valence-corrected chi connectivity index (χ2v) is 3.89. The Balaban J connectivity index is 2.57. The van der Waals surface area contributed by atoms with E-state index in [9.17, 15) is 8.42 Å². The van der Waals surface area contributed by atoms with E-state index in [4.69, 9.17) is 5.11 Å². The van der Waals surface area contributed by atoms with Gasteiger partial charge in [0.25, 0.3) is 0 Å². The molecular formula is C6H6N2O3S. The summed E-state index contributed by atoms with van der Waals surface area (Å²) in [5.74, 6) is -0.337. The van der Waals surface area contributed by atoms with E-state index in [1.165, 1.54) is 12.3 Å². The molecule has 5 nitrogen and oxygen atoms in total. The predicted molar refractivity (Wildman–Crippen MR) is 41.8 cm³/mol. The molecule has 0 amide bonds. The predicted octanol–water partition coefficient (Wildman–Crippen LogP) is -0.0530. The Morgan fingerprint density at radius 1 is 1.42 bits per heavy atom. The summed E-state index contributed by atoms with van der Waals surface area (Å²) in [6.07, 6.45) is 6.08. The lowest BCUT2D eigenvalue weighted by Crippen LogP contribution is -2.27. The molecule has 0 saturated carbocycles. The first-order chi connectivity index (χ1) is 5.61. The Morgan fingerprint density at radius 3 is 2.83 bits per heavy atom. The lowest BCUT2D eigenvalue weighted by Gasteiger charge is -2.13. The van der Waals surface area contributed by atoms with Crippen LogP contribution in [0.5, 0.6) is 0 Å². The lowest BCUT2D eigenvalue weighted by atomic mass is 10.3. The van der Waals surface area contributed by atoms with E-state index in [0.29, 0.717) is 0 Å². The van der Waals surface area contributed by atoms with Crippen molar-refractivity contribution in [1.29, 1.82) is 0 Å². The van der Waals surface area contributed by atoms with Crippen LogP contribution < -0.4 is 4.72 Å². The number of rotatable bonds is 0. The Bertz CT molecular complexity index is 405. The van der Waals surface area contributed by atoms with Crippen molar-refractivity contribution in [2.24, 2.45) is 0 Å². The zero-order valence-corrected chi connectivity index (χ0v) is 6.75. The number of hydrogen-bond donors (Lipinski definition) is 2. The van der Waals surface area contributed by atoms with Crippen molar-refractivity contribution < 1.29 is 13.5 Å². The summed E-state index contributed by atoms with van der Waals surface area (Å²) in [5, 5.41) is 9.12. The van der Waals surface area contributed by atoms with Gasteiger partial charge in [-0.25, -0.2) is 9.03 Å². The highest BCUT2D eigenvalue weighted by Gasteiger charge is 2.32. The minimum absolute atomic E-state index is 0.248. The van der Waals surface area contributed by atoms with Gasteiger partial charge in [-0.3, -0.25) is 0 Å². The van der Waals surface area contributed by atoms with E-state index in [1.54, 1.807) is 12.2 Å². The third-order valence-corrected chi connectivity index (χ3v) is 2.84. The van der Waals surface area contributed by atoms with Crippen molar-refractivity contribution in [2.75, 3.05) is 0 Å². The average molecular weight is 186 g/mol. The second kappa shape index (κ2) is 2.04. The molecule has 64 valence electrons. The van der Waals surface area contributed by atoms with Crippen LogP contribution in [0.25, 0.3) is 0 Å². The first-order valence-corrected chi connectivity index (χ1v) is 4.65. The quantitative estimate of drug-likeness (QED) is 0.557. The fourth-order valence-corrected chi connectivity index (χ4v) is 2.13. The summed E-state index contributed by atoms with van der Waals surface area (Å²) < 4.78 is 25.2. The molecule has 2 rings (SSSR count). The van der Waals surface area contributed by atoms with Crippen molar-refractivity contribution in [3.05, 3.63) is 36.0 Å². The first-order valence-electron chi connectivity index (χ1n) is 3.21. The highest BCUT2D eigenvalue weighted by molar-refractivity contribution is 7.87. The third-order valence-electron chi connectivity index (χ3n) is 1.55. The van der Waals surface area contributed by atoms with Crippen LogP contribution >= 0.6 is 0 Å². The van der Waals surface area contributed by atoms with Crippen molar-refractivity contribution >= 4 is 10.2 Å². The van der Waals surface area contributed by atoms with Crippen LogP contribution in [0.2, 0.25) is 0 Å². The van der Waals surface area contributed by atoms with E-state index >= 15 is 0 Å². The Morgan fingerprint density at radius 2 is 2.17 bits per heavy atom. The molecule has 0 saturated heterocycles. The Hall–Kier alpha value is -1.43. The number of nitrogens with zero attached hydrogens (tertiary/aromatic N) is 1. The second-order valence-electron chi connectivity index (χ2n) is 2.34. The molecule has 0 aromatic heterocycles. The summed E-state index contributed by atoms with van der Waals surface area (Å²) in [6, 6.07) is 0. The maximum absolute atomic E-state index is 11.1. The fourth-order valence-electron chi connectivity index (χ4n) is 1.04. The van der Waals surface area contributed by atoms with Crippen LogP contribution in [-0.4, -0.2) is 17.8 Å². The summed E-state index contributed by atoms with van der Waals surface area (Å²) in [4.78, 5) is 0. The molecule has 2 N–H and O–H groups in total. The minimum Gasteiger partial charge on any atom is -0.493 e. The molecule has 6 heteroatoms. The monoisotopic (exact) mass is 186 g/mol. The Labute approximate surface area is 69.5 Å². The molecule has 0 spiro atoms. The molecule has 0 unspecified atom stereocenters. The van der Waals surface area contributed by atoms with Crippen molar-refractivity contribution in [3.63, 3.8) is 0 Å². The maximum Gasteiger partial charge on any atom is 0.330 e. The van der Waals surface area contributed by atoms with Gasteiger partial charge in [-0.2, -0.15) is 8.42 Å². The van der Waals surface area contributed by atoms with E-state index in [2.05, 4.69) is 0 Å². The minimum atomic E-state index is -3.58.